The number of nitrogens with two attached hydrogens (primary N) is 1. The van der Waals surface area contributed by atoms with Gasteiger partial charge in [-0.3, -0.25) is 4.68 Å². The molecule has 1 heterocycles. The lowest BCUT2D eigenvalue weighted by Gasteiger charge is -2.45. The Balaban J connectivity index is 2.14. The molecule has 0 amide bonds. The van der Waals surface area contributed by atoms with Gasteiger partial charge in [0.25, 0.3) is 0 Å². The predicted molar refractivity (Wildman–Crippen MR) is 81.2 cm³/mol. The van der Waals surface area contributed by atoms with Crippen LogP contribution in [0.2, 0.25) is 0 Å². The Morgan fingerprint density at radius 1 is 1.35 bits per heavy atom. The monoisotopic (exact) mass is 279 g/mol. The maximum atomic E-state index is 10.8. The molecule has 20 heavy (non-hydrogen) atoms. The molecule has 0 radical (unpaired) electrons. The van der Waals surface area contributed by atoms with Crippen LogP contribution < -0.4 is 5.73 Å². The summed E-state index contributed by atoms with van der Waals surface area (Å²) in [5, 5.41) is 15.1. The molecular weight excluding hydrogens is 250 g/mol. The van der Waals surface area contributed by atoms with Gasteiger partial charge in [-0.2, -0.15) is 5.10 Å². The average Bonchev–Trinajstić information content (AvgIpc) is 2.88. The zero-order valence-electron chi connectivity index (χ0n) is 13.1. The second-order valence-corrected chi connectivity index (χ2v) is 7.17. The molecule has 1 aromatic heterocycles. The van der Waals surface area contributed by atoms with Crippen LogP contribution in [0, 0.1) is 10.8 Å². The van der Waals surface area contributed by atoms with E-state index in [1.54, 1.807) is 6.20 Å². The SMILES string of the molecule is CCCn1cc(C(O)C2(CN)CCC(C)(C)CC2)cn1. The van der Waals surface area contributed by atoms with Gasteiger partial charge < -0.3 is 10.8 Å². The molecule has 1 atom stereocenters. The molecule has 0 spiro atoms. The number of aliphatic hydroxyl groups excluding tert-OH is 1. The summed E-state index contributed by atoms with van der Waals surface area (Å²) >= 11 is 0. The van der Waals surface area contributed by atoms with Gasteiger partial charge in [-0.25, -0.2) is 0 Å². The summed E-state index contributed by atoms with van der Waals surface area (Å²) in [6.07, 6.45) is 8.59. The molecule has 1 aliphatic rings. The van der Waals surface area contributed by atoms with Crippen LogP contribution >= 0.6 is 0 Å². The molecule has 0 bridgehead atoms. The molecule has 4 heteroatoms. The van der Waals surface area contributed by atoms with Crippen molar-refractivity contribution in [1.29, 1.82) is 0 Å². The summed E-state index contributed by atoms with van der Waals surface area (Å²) in [5.74, 6) is 0. The van der Waals surface area contributed by atoms with Gasteiger partial charge in [0, 0.05) is 30.3 Å². The molecule has 0 saturated heterocycles. The Hall–Kier alpha value is -0.870. The minimum absolute atomic E-state index is 0.171. The minimum atomic E-state index is -0.491. The normalized spacial score (nSPS) is 22.6. The van der Waals surface area contributed by atoms with Crippen molar-refractivity contribution in [3.05, 3.63) is 18.0 Å². The fourth-order valence-corrected chi connectivity index (χ4v) is 3.24. The van der Waals surface area contributed by atoms with Crippen molar-refractivity contribution in [2.24, 2.45) is 16.6 Å². The van der Waals surface area contributed by atoms with E-state index in [1.165, 1.54) is 0 Å². The first-order valence-electron chi connectivity index (χ1n) is 7.83. The largest absolute Gasteiger partial charge is 0.388 e. The lowest BCUT2D eigenvalue weighted by Crippen LogP contribution is -2.41. The first-order chi connectivity index (χ1) is 9.42. The number of rotatable bonds is 5. The van der Waals surface area contributed by atoms with E-state index in [2.05, 4.69) is 25.9 Å². The predicted octanol–water partition coefficient (Wildman–Crippen LogP) is 2.87. The van der Waals surface area contributed by atoms with Gasteiger partial charge in [-0.05, 0) is 37.5 Å². The van der Waals surface area contributed by atoms with Crippen molar-refractivity contribution in [2.75, 3.05) is 6.54 Å². The first-order valence-corrected chi connectivity index (χ1v) is 7.83. The maximum absolute atomic E-state index is 10.8. The molecule has 3 N–H and O–H groups in total. The van der Waals surface area contributed by atoms with Gasteiger partial charge in [-0.1, -0.05) is 20.8 Å². The lowest BCUT2D eigenvalue weighted by atomic mass is 9.62. The number of hydrogen-bond donors (Lipinski definition) is 2. The Labute approximate surface area is 122 Å². The van der Waals surface area contributed by atoms with E-state index < -0.39 is 6.10 Å². The minimum Gasteiger partial charge on any atom is -0.388 e. The van der Waals surface area contributed by atoms with Crippen LogP contribution in [-0.4, -0.2) is 21.4 Å². The van der Waals surface area contributed by atoms with E-state index in [0.717, 1.165) is 44.2 Å². The zero-order chi connectivity index (χ0) is 14.8. The van der Waals surface area contributed by atoms with Gasteiger partial charge in [0.2, 0.25) is 0 Å². The van der Waals surface area contributed by atoms with Crippen molar-refractivity contribution in [2.45, 2.75) is 65.5 Å². The highest BCUT2D eigenvalue weighted by atomic mass is 16.3. The van der Waals surface area contributed by atoms with Crippen molar-refractivity contribution in [3.63, 3.8) is 0 Å². The smallest absolute Gasteiger partial charge is 0.0888 e. The second-order valence-electron chi connectivity index (χ2n) is 7.17. The molecule has 2 rings (SSSR count). The number of aliphatic hydroxyl groups is 1. The van der Waals surface area contributed by atoms with Crippen molar-refractivity contribution in [3.8, 4) is 0 Å². The van der Waals surface area contributed by atoms with Crippen molar-refractivity contribution < 1.29 is 5.11 Å². The highest BCUT2D eigenvalue weighted by molar-refractivity contribution is 5.13. The van der Waals surface area contributed by atoms with E-state index in [-0.39, 0.29) is 5.41 Å². The Kier molecular flexibility index (Phi) is 4.55. The summed E-state index contributed by atoms with van der Waals surface area (Å²) < 4.78 is 1.91. The van der Waals surface area contributed by atoms with Gasteiger partial charge in [0.1, 0.15) is 0 Å². The molecule has 1 saturated carbocycles. The van der Waals surface area contributed by atoms with Crippen LogP contribution in [-0.2, 0) is 6.54 Å². The molecule has 1 unspecified atom stereocenters. The van der Waals surface area contributed by atoms with E-state index in [1.807, 2.05) is 10.9 Å². The van der Waals surface area contributed by atoms with Gasteiger partial charge >= 0.3 is 0 Å². The van der Waals surface area contributed by atoms with Gasteiger partial charge in [0.05, 0.1) is 12.3 Å². The third-order valence-corrected chi connectivity index (χ3v) is 5.01. The van der Waals surface area contributed by atoms with Crippen LogP contribution in [0.15, 0.2) is 12.4 Å². The molecule has 0 aromatic carbocycles. The maximum Gasteiger partial charge on any atom is 0.0888 e. The fraction of sp³-hybridized carbons (Fsp3) is 0.812. The van der Waals surface area contributed by atoms with Crippen molar-refractivity contribution >= 4 is 0 Å². The Morgan fingerprint density at radius 3 is 2.55 bits per heavy atom. The third kappa shape index (κ3) is 3.07. The molecule has 1 fully saturated rings. The van der Waals surface area contributed by atoms with E-state index in [9.17, 15) is 5.11 Å². The van der Waals surface area contributed by atoms with E-state index in [0.29, 0.717) is 12.0 Å². The standard InChI is InChI=1S/C16H29N3O/c1-4-9-19-11-13(10-18-19)14(20)16(12-17)7-5-15(2,3)6-8-16/h10-11,14,20H,4-9,12,17H2,1-3H3. The topological polar surface area (TPSA) is 64.1 Å². The summed E-state index contributed by atoms with van der Waals surface area (Å²) in [6.45, 7) is 8.18. The number of aromatic nitrogens is 2. The number of hydrogen-bond acceptors (Lipinski definition) is 3. The molecule has 1 aliphatic carbocycles. The molecule has 1 aromatic rings. The molecule has 114 valence electrons. The van der Waals surface area contributed by atoms with E-state index in [4.69, 9.17) is 5.73 Å². The number of aryl methyl sites for hydroxylation is 1. The summed E-state index contributed by atoms with van der Waals surface area (Å²) in [5.41, 5.74) is 7.17. The fourth-order valence-electron chi connectivity index (χ4n) is 3.24. The second kappa shape index (κ2) is 5.86. The average molecular weight is 279 g/mol. The first kappa shape index (κ1) is 15.5. The highest BCUT2D eigenvalue weighted by Crippen LogP contribution is 2.50. The Bertz CT molecular complexity index is 429. The Morgan fingerprint density at radius 2 is 2.00 bits per heavy atom. The molecule has 0 aliphatic heterocycles. The summed E-state index contributed by atoms with van der Waals surface area (Å²) in [6, 6.07) is 0. The summed E-state index contributed by atoms with van der Waals surface area (Å²) in [7, 11) is 0. The molecule has 4 nitrogen and oxygen atoms in total. The highest BCUT2D eigenvalue weighted by Gasteiger charge is 2.43. The lowest BCUT2D eigenvalue weighted by molar-refractivity contribution is -0.0236. The summed E-state index contributed by atoms with van der Waals surface area (Å²) in [4.78, 5) is 0. The number of nitrogens with zero attached hydrogens (tertiary/aromatic N) is 2. The van der Waals surface area contributed by atoms with Crippen LogP contribution in [0.25, 0.3) is 0 Å². The van der Waals surface area contributed by atoms with Crippen LogP contribution in [0.4, 0.5) is 0 Å². The third-order valence-electron chi connectivity index (χ3n) is 5.01. The van der Waals surface area contributed by atoms with Gasteiger partial charge in [-0.15, -0.1) is 0 Å². The van der Waals surface area contributed by atoms with Crippen LogP contribution in [0.3, 0.4) is 0 Å². The van der Waals surface area contributed by atoms with E-state index >= 15 is 0 Å². The van der Waals surface area contributed by atoms with Crippen LogP contribution in [0.5, 0.6) is 0 Å². The molecular formula is C16H29N3O. The van der Waals surface area contributed by atoms with Crippen molar-refractivity contribution in [1.82, 2.24) is 9.78 Å². The van der Waals surface area contributed by atoms with Crippen LogP contribution in [0.1, 0.15) is 64.5 Å². The van der Waals surface area contributed by atoms with Gasteiger partial charge in [0.15, 0.2) is 0 Å². The zero-order valence-corrected chi connectivity index (χ0v) is 13.1. The quantitative estimate of drug-likeness (QED) is 0.871.